The molecule has 0 saturated carbocycles. The third kappa shape index (κ3) is 1.09. The van der Waals surface area contributed by atoms with Gasteiger partial charge in [-0.15, -0.1) is 0 Å². The lowest BCUT2D eigenvalue weighted by atomic mass is 10.1. The molecular weight excluding hydrogens is 148 g/mol. The molecule has 0 N–H and O–H groups in total. The van der Waals surface area contributed by atoms with Gasteiger partial charge in [-0.1, -0.05) is 0 Å². The minimum atomic E-state index is 0.801. The van der Waals surface area contributed by atoms with E-state index < -0.39 is 0 Å². The molecular formula is C10H21N2+. The van der Waals surface area contributed by atoms with Gasteiger partial charge < -0.3 is 4.48 Å². The predicted octanol–water partition coefficient (Wildman–Crippen LogP) is 0.929. The van der Waals surface area contributed by atoms with Crippen LogP contribution in [0.1, 0.15) is 20.3 Å². The van der Waals surface area contributed by atoms with Crippen LogP contribution in [-0.4, -0.2) is 54.7 Å². The van der Waals surface area contributed by atoms with Crippen molar-refractivity contribution in [2.75, 3.05) is 33.2 Å². The van der Waals surface area contributed by atoms with E-state index in [-0.39, 0.29) is 0 Å². The number of fused-ring (bicyclic) bond motifs is 2. The average Bonchev–Trinajstić information content (AvgIpc) is 2.43. The molecule has 2 aliphatic rings. The molecule has 2 rings (SSSR count). The van der Waals surface area contributed by atoms with Crippen LogP contribution < -0.4 is 0 Å². The summed E-state index contributed by atoms with van der Waals surface area (Å²) >= 11 is 0. The Morgan fingerprint density at radius 1 is 1.33 bits per heavy atom. The van der Waals surface area contributed by atoms with Gasteiger partial charge in [-0.05, 0) is 13.8 Å². The van der Waals surface area contributed by atoms with Crippen LogP contribution in [0.4, 0.5) is 0 Å². The first-order valence-corrected chi connectivity index (χ1v) is 5.20. The highest BCUT2D eigenvalue weighted by Crippen LogP contribution is 2.28. The summed E-state index contributed by atoms with van der Waals surface area (Å²) in [4.78, 5) is 2.62. The summed E-state index contributed by atoms with van der Waals surface area (Å²) in [6.45, 7) is 10.1. The van der Waals surface area contributed by atoms with Crippen molar-refractivity contribution in [3.8, 4) is 0 Å². The maximum atomic E-state index is 2.62. The Kier molecular flexibility index (Phi) is 1.92. The third-order valence-electron chi connectivity index (χ3n) is 4.16. The van der Waals surface area contributed by atoms with Gasteiger partial charge >= 0.3 is 0 Å². The molecule has 0 aliphatic carbocycles. The molecule has 3 unspecified atom stereocenters. The molecule has 70 valence electrons. The fourth-order valence-corrected chi connectivity index (χ4v) is 2.72. The summed E-state index contributed by atoms with van der Waals surface area (Å²) in [7, 11) is 2.44. The summed E-state index contributed by atoms with van der Waals surface area (Å²) in [5.41, 5.74) is 0. The molecule has 0 radical (unpaired) electrons. The average molecular weight is 169 g/mol. The Bertz CT molecular complexity index is 179. The molecule has 0 aromatic rings. The Balaban J connectivity index is 2.15. The minimum absolute atomic E-state index is 0.801. The largest absolute Gasteiger partial charge is 0.319 e. The van der Waals surface area contributed by atoms with E-state index in [2.05, 4.69) is 25.8 Å². The van der Waals surface area contributed by atoms with Crippen LogP contribution >= 0.6 is 0 Å². The highest BCUT2D eigenvalue weighted by atomic mass is 15.4. The number of nitrogens with zero attached hydrogens (tertiary/aromatic N) is 2. The van der Waals surface area contributed by atoms with Crippen molar-refractivity contribution in [2.45, 2.75) is 32.4 Å². The van der Waals surface area contributed by atoms with Crippen molar-refractivity contribution in [2.24, 2.45) is 0 Å². The van der Waals surface area contributed by atoms with Crippen LogP contribution in [-0.2, 0) is 0 Å². The quantitative estimate of drug-likeness (QED) is 0.528. The zero-order valence-electron chi connectivity index (χ0n) is 8.58. The van der Waals surface area contributed by atoms with E-state index in [1.54, 1.807) is 0 Å². The highest BCUT2D eigenvalue weighted by molar-refractivity contribution is 4.81. The van der Waals surface area contributed by atoms with Crippen LogP contribution in [0.5, 0.6) is 0 Å². The summed E-state index contributed by atoms with van der Waals surface area (Å²) in [5, 5.41) is 0. The van der Waals surface area contributed by atoms with Crippen LogP contribution in [0, 0.1) is 0 Å². The van der Waals surface area contributed by atoms with Crippen molar-refractivity contribution in [3.05, 3.63) is 0 Å². The molecule has 2 heteroatoms. The Labute approximate surface area is 75.7 Å². The number of likely N-dealkylation sites (N-methyl/N-ethyl adjacent to an activating group) is 1. The first-order valence-electron chi connectivity index (χ1n) is 5.20. The normalized spacial score (nSPS) is 47.0. The number of rotatable bonds is 1. The molecule has 0 spiro atoms. The first-order chi connectivity index (χ1) is 5.63. The van der Waals surface area contributed by atoms with Crippen molar-refractivity contribution in [1.82, 2.24) is 4.90 Å². The van der Waals surface area contributed by atoms with E-state index in [9.17, 15) is 0 Å². The summed E-state index contributed by atoms with van der Waals surface area (Å²) in [6, 6.07) is 1.73. The molecule has 0 amide bonds. The molecule has 12 heavy (non-hydrogen) atoms. The first kappa shape index (κ1) is 8.52. The molecule has 3 atom stereocenters. The van der Waals surface area contributed by atoms with E-state index in [1.807, 2.05) is 0 Å². The van der Waals surface area contributed by atoms with E-state index in [0.29, 0.717) is 0 Å². The molecule has 2 fully saturated rings. The lowest BCUT2D eigenvalue weighted by Crippen LogP contribution is -2.62. The lowest BCUT2D eigenvalue weighted by Gasteiger charge is -2.46. The van der Waals surface area contributed by atoms with Crippen LogP contribution in [0.3, 0.4) is 0 Å². The number of quaternary nitrogens is 1. The van der Waals surface area contributed by atoms with Crippen molar-refractivity contribution in [3.63, 3.8) is 0 Å². The SMILES string of the molecule is CC(C)[N+]1(C)CCN2CCC1C2. The monoisotopic (exact) mass is 169 g/mol. The number of hydrogen-bond donors (Lipinski definition) is 0. The lowest BCUT2D eigenvalue weighted by molar-refractivity contribution is -0.953. The van der Waals surface area contributed by atoms with E-state index in [4.69, 9.17) is 0 Å². The molecule has 0 aromatic carbocycles. The number of piperazine rings is 1. The van der Waals surface area contributed by atoms with Crippen LogP contribution in [0.15, 0.2) is 0 Å². The molecule has 2 nitrogen and oxygen atoms in total. The van der Waals surface area contributed by atoms with Crippen molar-refractivity contribution < 1.29 is 4.48 Å². The van der Waals surface area contributed by atoms with Crippen molar-refractivity contribution in [1.29, 1.82) is 0 Å². The second-order valence-corrected chi connectivity index (χ2v) is 4.91. The van der Waals surface area contributed by atoms with Gasteiger partial charge in [-0.25, -0.2) is 0 Å². The third-order valence-corrected chi connectivity index (χ3v) is 4.16. The minimum Gasteiger partial charge on any atom is -0.319 e. The smallest absolute Gasteiger partial charge is 0.103 e. The van der Waals surface area contributed by atoms with Gasteiger partial charge in [0.1, 0.15) is 6.04 Å². The van der Waals surface area contributed by atoms with Gasteiger partial charge in [0.15, 0.2) is 0 Å². The zero-order chi connectivity index (χ0) is 8.77. The second kappa shape index (κ2) is 2.71. The van der Waals surface area contributed by atoms with Gasteiger partial charge in [0, 0.05) is 19.5 Å². The van der Waals surface area contributed by atoms with Crippen molar-refractivity contribution >= 4 is 0 Å². The van der Waals surface area contributed by atoms with Gasteiger partial charge in [-0.3, -0.25) is 4.90 Å². The Morgan fingerprint density at radius 3 is 2.75 bits per heavy atom. The molecule has 2 heterocycles. The summed E-state index contributed by atoms with van der Waals surface area (Å²) in [5.74, 6) is 0. The maximum absolute atomic E-state index is 2.62. The predicted molar refractivity (Wildman–Crippen MR) is 51.0 cm³/mol. The fraction of sp³-hybridized carbons (Fsp3) is 1.00. The fourth-order valence-electron chi connectivity index (χ4n) is 2.72. The van der Waals surface area contributed by atoms with E-state index >= 15 is 0 Å². The molecule has 2 bridgehead atoms. The summed E-state index contributed by atoms with van der Waals surface area (Å²) < 4.78 is 1.32. The van der Waals surface area contributed by atoms with Gasteiger partial charge in [0.2, 0.25) is 0 Å². The Hall–Kier alpha value is -0.0800. The standard InChI is InChI=1S/C10H21N2/c1-9(2)12(3)7-6-11-5-4-10(12)8-11/h9-10H,4-8H2,1-3H3/q+1. The summed E-state index contributed by atoms with van der Waals surface area (Å²) in [6.07, 6.45) is 1.43. The second-order valence-electron chi connectivity index (χ2n) is 4.91. The number of hydrogen-bond acceptors (Lipinski definition) is 1. The zero-order valence-corrected chi connectivity index (χ0v) is 8.58. The van der Waals surface area contributed by atoms with E-state index in [0.717, 1.165) is 12.1 Å². The van der Waals surface area contributed by atoms with E-state index in [1.165, 1.54) is 37.1 Å². The van der Waals surface area contributed by atoms with Crippen LogP contribution in [0.25, 0.3) is 0 Å². The molecule has 2 aliphatic heterocycles. The molecule has 2 saturated heterocycles. The van der Waals surface area contributed by atoms with Gasteiger partial charge in [0.05, 0.1) is 26.2 Å². The highest BCUT2D eigenvalue weighted by Gasteiger charge is 2.44. The van der Waals surface area contributed by atoms with Gasteiger partial charge in [0.25, 0.3) is 0 Å². The Morgan fingerprint density at radius 2 is 2.08 bits per heavy atom. The molecule has 0 aromatic heterocycles. The van der Waals surface area contributed by atoms with Gasteiger partial charge in [-0.2, -0.15) is 0 Å². The van der Waals surface area contributed by atoms with Crippen LogP contribution in [0.2, 0.25) is 0 Å². The topological polar surface area (TPSA) is 3.24 Å². The maximum Gasteiger partial charge on any atom is 0.103 e.